The summed E-state index contributed by atoms with van der Waals surface area (Å²) in [6, 6.07) is 5.81. The largest absolute Gasteiger partial charge is 0.394 e. The van der Waals surface area contributed by atoms with Gasteiger partial charge in [0.2, 0.25) is 0 Å². The van der Waals surface area contributed by atoms with Gasteiger partial charge in [0.15, 0.2) is 0 Å². The van der Waals surface area contributed by atoms with Gasteiger partial charge < -0.3 is 10.8 Å². The number of aryl methyl sites for hydroxylation is 1. The van der Waals surface area contributed by atoms with Crippen molar-refractivity contribution in [1.29, 1.82) is 0 Å². The molecule has 0 aliphatic carbocycles. The fourth-order valence-electron chi connectivity index (χ4n) is 1.11. The van der Waals surface area contributed by atoms with Crippen LogP contribution in [0, 0.1) is 10.5 Å². The quantitative estimate of drug-likeness (QED) is 0.806. The topological polar surface area (TPSA) is 46.2 Å². The Hall–Kier alpha value is -0.130. The molecule has 2 nitrogen and oxygen atoms in total. The first-order valence-electron chi connectivity index (χ1n) is 3.77. The molecule has 0 unspecified atom stereocenters. The van der Waals surface area contributed by atoms with Crippen LogP contribution in [-0.4, -0.2) is 11.7 Å². The standard InChI is InChI=1S/C9H12INO/c1-6-2-3-7(10)4-8(6)9(11)5-12/h2-4,9,12H,5,11H2,1H3/t9-/m0/s1. The average molecular weight is 277 g/mol. The highest BCUT2D eigenvalue weighted by molar-refractivity contribution is 14.1. The van der Waals surface area contributed by atoms with Gasteiger partial charge in [-0.05, 0) is 52.8 Å². The Bertz CT molecular complexity index is 275. The monoisotopic (exact) mass is 277 g/mol. The molecule has 0 amide bonds. The Morgan fingerprint density at radius 1 is 1.58 bits per heavy atom. The van der Waals surface area contributed by atoms with Crippen LogP contribution in [0.2, 0.25) is 0 Å². The summed E-state index contributed by atoms with van der Waals surface area (Å²) in [5, 5.41) is 8.88. The first-order valence-corrected chi connectivity index (χ1v) is 4.85. The van der Waals surface area contributed by atoms with Gasteiger partial charge in [0, 0.05) is 3.57 Å². The van der Waals surface area contributed by atoms with Crippen LogP contribution in [0.5, 0.6) is 0 Å². The van der Waals surface area contributed by atoms with Crippen molar-refractivity contribution < 1.29 is 5.11 Å². The zero-order valence-corrected chi connectivity index (χ0v) is 9.08. The number of aliphatic hydroxyl groups is 1. The van der Waals surface area contributed by atoms with Crippen LogP contribution in [0.1, 0.15) is 17.2 Å². The second kappa shape index (κ2) is 4.20. The Morgan fingerprint density at radius 3 is 2.83 bits per heavy atom. The molecule has 1 aromatic carbocycles. The Balaban J connectivity index is 3.04. The van der Waals surface area contributed by atoms with Crippen molar-refractivity contribution in [2.75, 3.05) is 6.61 Å². The molecular formula is C9H12INO. The third-order valence-electron chi connectivity index (χ3n) is 1.84. The predicted octanol–water partition coefficient (Wildman–Crippen LogP) is 1.59. The van der Waals surface area contributed by atoms with Crippen LogP contribution in [0.25, 0.3) is 0 Å². The fourth-order valence-corrected chi connectivity index (χ4v) is 1.62. The summed E-state index contributed by atoms with van der Waals surface area (Å²) in [5.41, 5.74) is 7.88. The summed E-state index contributed by atoms with van der Waals surface area (Å²) in [6.45, 7) is 2.00. The highest BCUT2D eigenvalue weighted by Gasteiger charge is 2.07. The van der Waals surface area contributed by atoms with Gasteiger partial charge in [-0.3, -0.25) is 0 Å². The van der Waals surface area contributed by atoms with Crippen LogP contribution < -0.4 is 5.73 Å². The molecule has 0 aromatic heterocycles. The van der Waals surface area contributed by atoms with E-state index in [9.17, 15) is 0 Å². The van der Waals surface area contributed by atoms with Crippen LogP contribution in [0.15, 0.2) is 18.2 Å². The van der Waals surface area contributed by atoms with Gasteiger partial charge in [-0.1, -0.05) is 6.07 Å². The molecule has 12 heavy (non-hydrogen) atoms. The number of hydrogen-bond donors (Lipinski definition) is 2. The van der Waals surface area contributed by atoms with Gasteiger partial charge >= 0.3 is 0 Å². The third-order valence-corrected chi connectivity index (χ3v) is 2.51. The highest BCUT2D eigenvalue weighted by atomic mass is 127. The van der Waals surface area contributed by atoms with Crippen molar-refractivity contribution in [2.45, 2.75) is 13.0 Å². The molecule has 0 spiro atoms. The van der Waals surface area contributed by atoms with Crippen LogP contribution >= 0.6 is 22.6 Å². The molecule has 1 rings (SSSR count). The Kier molecular flexibility index (Phi) is 3.49. The molecule has 1 atom stereocenters. The minimum Gasteiger partial charge on any atom is -0.394 e. The van der Waals surface area contributed by atoms with E-state index in [2.05, 4.69) is 22.6 Å². The zero-order valence-electron chi connectivity index (χ0n) is 6.92. The molecular weight excluding hydrogens is 265 g/mol. The lowest BCUT2D eigenvalue weighted by Gasteiger charge is -2.11. The maximum atomic E-state index is 8.88. The van der Waals surface area contributed by atoms with Gasteiger partial charge in [-0.15, -0.1) is 0 Å². The minimum absolute atomic E-state index is 0.000926. The number of halogens is 1. The molecule has 3 N–H and O–H groups in total. The van der Waals surface area contributed by atoms with E-state index in [1.165, 1.54) is 0 Å². The molecule has 1 aromatic rings. The molecule has 0 radical (unpaired) electrons. The van der Waals surface area contributed by atoms with Crippen LogP contribution in [0.4, 0.5) is 0 Å². The van der Waals surface area contributed by atoms with E-state index in [-0.39, 0.29) is 12.6 Å². The smallest absolute Gasteiger partial charge is 0.0624 e. The maximum absolute atomic E-state index is 8.88. The number of nitrogens with two attached hydrogens (primary N) is 1. The van der Waals surface area contributed by atoms with Crippen molar-refractivity contribution in [2.24, 2.45) is 5.73 Å². The van der Waals surface area contributed by atoms with Gasteiger partial charge in [-0.2, -0.15) is 0 Å². The van der Waals surface area contributed by atoms with E-state index in [0.29, 0.717) is 0 Å². The average Bonchev–Trinajstić information content (AvgIpc) is 2.08. The van der Waals surface area contributed by atoms with Gasteiger partial charge in [0.1, 0.15) is 0 Å². The van der Waals surface area contributed by atoms with Crippen molar-refractivity contribution in [3.05, 3.63) is 32.9 Å². The van der Waals surface area contributed by atoms with Crippen LogP contribution in [0.3, 0.4) is 0 Å². The first kappa shape index (κ1) is 9.95. The molecule has 0 aliphatic rings. The lowest BCUT2D eigenvalue weighted by molar-refractivity contribution is 0.267. The van der Waals surface area contributed by atoms with Gasteiger partial charge in [-0.25, -0.2) is 0 Å². The van der Waals surface area contributed by atoms with E-state index in [0.717, 1.165) is 14.7 Å². The number of rotatable bonds is 2. The summed E-state index contributed by atoms with van der Waals surface area (Å²) in [6.07, 6.45) is 0. The van der Waals surface area contributed by atoms with Crippen molar-refractivity contribution in [3.8, 4) is 0 Å². The van der Waals surface area contributed by atoms with Crippen molar-refractivity contribution >= 4 is 22.6 Å². The zero-order chi connectivity index (χ0) is 9.14. The summed E-state index contributed by atoms with van der Waals surface area (Å²) in [7, 11) is 0. The molecule has 0 aliphatic heterocycles. The number of aliphatic hydroxyl groups excluding tert-OH is 1. The highest BCUT2D eigenvalue weighted by Crippen LogP contribution is 2.18. The SMILES string of the molecule is Cc1ccc(I)cc1[C@@H](N)CO. The normalized spacial score (nSPS) is 13.0. The summed E-state index contributed by atoms with van der Waals surface area (Å²) < 4.78 is 1.15. The molecule has 3 heteroatoms. The molecule has 0 bridgehead atoms. The van der Waals surface area contributed by atoms with E-state index in [1.54, 1.807) is 0 Å². The second-order valence-electron chi connectivity index (χ2n) is 2.79. The molecule has 0 saturated heterocycles. The lowest BCUT2D eigenvalue weighted by atomic mass is 10.0. The maximum Gasteiger partial charge on any atom is 0.0624 e. The summed E-state index contributed by atoms with van der Waals surface area (Å²) in [4.78, 5) is 0. The summed E-state index contributed by atoms with van der Waals surface area (Å²) in [5.74, 6) is 0. The molecule has 0 fully saturated rings. The third kappa shape index (κ3) is 2.18. The number of benzene rings is 1. The Labute approximate surface area is 85.9 Å². The van der Waals surface area contributed by atoms with E-state index in [1.807, 2.05) is 25.1 Å². The van der Waals surface area contributed by atoms with Gasteiger partial charge in [0.25, 0.3) is 0 Å². The molecule has 0 heterocycles. The van der Waals surface area contributed by atoms with Crippen LogP contribution in [-0.2, 0) is 0 Å². The van der Waals surface area contributed by atoms with Gasteiger partial charge in [0.05, 0.1) is 12.6 Å². The second-order valence-corrected chi connectivity index (χ2v) is 4.04. The predicted molar refractivity (Wildman–Crippen MR) is 57.9 cm³/mol. The minimum atomic E-state index is -0.250. The summed E-state index contributed by atoms with van der Waals surface area (Å²) >= 11 is 2.23. The number of hydrogen-bond acceptors (Lipinski definition) is 2. The van der Waals surface area contributed by atoms with Crippen molar-refractivity contribution in [1.82, 2.24) is 0 Å². The van der Waals surface area contributed by atoms with E-state index in [4.69, 9.17) is 10.8 Å². The lowest BCUT2D eigenvalue weighted by Crippen LogP contribution is -2.15. The van der Waals surface area contributed by atoms with Crippen molar-refractivity contribution in [3.63, 3.8) is 0 Å². The Morgan fingerprint density at radius 2 is 2.25 bits per heavy atom. The molecule has 66 valence electrons. The van der Waals surface area contributed by atoms with E-state index >= 15 is 0 Å². The van der Waals surface area contributed by atoms with E-state index < -0.39 is 0 Å². The fraction of sp³-hybridized carbons (Fsp3) is 0.333. The first-order chi connectivity index (χ1) is 5.65. The molecule has 0 saturated carbocycles.